The maximum atomic E-state index is 12.6. The Morgan fingerprint density at radius 3 is 2.74 bits per heavy atom. The molecular formula is C21H23N3O2S. The fourth-order valence-electron chi connectivity index (χ4n) is 3.38. The van der Waals surface area contributed by atoms with Gasteiger partial charge in [0.05, 0.1) is 16.4 Å². The number of rotatable bonds is 2. The van der Waals surface area contributed by atoms with Crippen LogP contribution in [0.15, 0.2) is 42.6 Å². The van der Waals surface area contributed by atoms with E-state index < -0.39 is 5.60 Å². The molecule has 6 heteroatoms. The molecule has 1 aromatic carbocycles. The van der Waals surface area contributed by atoms with E-state index in [2.05, 4.69) is 4.98 Å². The van der Waals surface area contributed by atoms with Crippen LogP contribution in [0.4, 0.5) is 4.79 Å². The molecule has 1 amide bonds. The Kier molecular flexibility index (Phi) is 4.60. The summed E-state index contributed by atoms with van der Waals surface area (Å²) in [6.45, 7) is 6.39. The van der Waals surface area contributed by atoms with Gasteiger partial charge in [0.1, 0.15) is 16.1 Å². The van der Waals surface area contributed by atoms with Gasteiger partial charge < -0.3 is 4.74 Å². The molecule has 3 heterocycles. The second-order valence-corrected chi connectivity index (χ2v) is 8.82. The van der Waals surface area contributed by atoms with E-state index >= 15 is 0 Å². The molecule has 1 saturated heterocycles. The van der Waals surface area contributed by atoms with Gasteiger partial charge in [-0.3, -0.25) is 9.88 Å². The third kappa shape index (κ3) is 3.67. The predicted octanol–water partition coefficient (Wildman–Crippen LogP) is 5.43. The Balaban J connectivity index is 1.69. The fraction of sp³-hybridized carbons (Fsp3) is 0.381. The van der Waals surface area contributed by atoms with Crippen molar-refractivity contribution in [2.75, 3.05) is 6.54 Å². The Morgan fingerprint density at radius 1 is 1.22 bits per heavy atom. The predicted molar refractivity (Wildman–Crippen MR) is 108 cm³/mol. The molecule has 1 fully saturated rings. The van der Waals surface area contributed by atoms with Crippen LogP contribution in [-0.4, -0.2) is 33.1 Å². The van der Waals surface area contributed by atoms with Gasteiger partial charge in [-0.2, -0.15) is 0 Å². The van der Waals surface area contributed by atoms with Crippen LogP contribution in [0.2, 0.25) is 0 Å². The molecule has 0 spiro atoms. The third-order valence-electron chi connectivity index (χ3n) is 4.54. The van der Waals surface area contributed by atoms with E-state index in [1.165, 1.54) is 0 Å². The SMILES string of the molecule is CC(C)(C)OC(=O)N1CCC[C@H]1c1nc2c(-c3ccccc3)nccc2s1. The maximum Gasteiger partial charge on any atom is 0.410 e. The molecular weight excluding hydrogens is 358 g/mol. The van der Waals surface area contributed by atoms with Gasteiger partial charge in [0.15, 0.2) is 0 Å². The van der Waals surface area contributed by atoms with Crippen LogP contribution in [-0.2, 0) is 4.74 Å². The highest BCUT2D eigenvalue weighted by Crippen LogP contribution is 2.39. The summed E-state index contributed by atoms with van der Waals surface area (Å²) in [6.07, 6.45) is 3.44. The van der Waals surface area contributed by atoms with Crippen LogP contribution in [0.1, 0.15) is 44.7 Å². The molecule has 3 aromatic rings. The summed E-state index contributed by atoms with van der Waals surface area (Å²) in [6, 6.07) is 12.1. The summed E-state index contributed by atoms with van der Waals surface area (Å²) >= 11 is 1.64. The number of benzene rings is 1. The molecule has 0 aliphatic carbocycles. The fourth-order valence-corrected chi connectivity index (χ4v) is 4.50. The van der Waals surface area contributed by atoms with Gasteiger partial charge in [-0.25, -0.2) is 9.78 Å². The Labute approximate surface area is 163 Å². The van der Waals surface area contributed by atoms with Crippen molar-refractivity contribution in [3.05, 3.63) is 47.6 Å². The van der Waals surface area contributed by atoms with E-state index in [0.717, 1.165) is 39.3 Å². The minimum Gasteiger partial charge on any atom is -0.444 e. The van der Waals surface area contributed by atoms with E-state index in [1.54, 1.807) is 11.3 Å². The zero-order valence-electron chi connectivity index (χ0n) is 15.8. The highest BCUT2D eigenvalue weighted by molar-refractivity contribution is 7.18. The number of likely N-dealkylation sites (tertiary alicyclic amines) is 1. The van der Waals surface area contributed by atoms with Crippen LogP contribution in [0, 0.1) is 0 Å². The monoisotopic (exact) mass is 381 g/mol. The minimum absolute atomic E-state index is 0.0270. The van der Waals surface area contributed by atoms with Crippen LogP contribution in [0.5, 0.6) is 0 Å². The molecule has 0 radical (unpaired) electrons. The molecule has 5 nitrogen and oxygen atoms in total. The number of carbonyl (C=O) groups excluding carboxylic acids is 1. The molecule has 4 rings (SSSR count). The Hall–Kier alpha value is -2.47. The molecule has 0 bridgehead atoms. The highest BCUT2D eigenvalue weighted by Gasteiger charge is 2.35. The smallest absolute Gasteiger partial charge is 0.410 e. The lowest BCUT2D eigenvalue weighted by molar-refractivity contribution is 0.0224. The maximum absolute atomic E-state index is 12.6. The number of nitrogens with zero attached hydrogens (tertiary/aromatic N) is 3. The highest BCUT2D eigenvalue weighted by atomic mass is 32.1. The van der Waals surface area contributed by atoms with Gasteiger partial charge in [-0.15, -0.1) is 11.3 Å². The molecule has 1 aliphatic heterocycles. The van der Waals surface area contributed by atoms with Gasteiger partial charge in [0.2, 0.25) is 0 Å². The van der Waals surface area contributed by atoms with E-state index in [4.69, 9.17) is 9.72 Å². The van der Waals surface area contributed by atoms with Crippen LogP contribution < -0.4 is 0 Å². The molecule has 1 aliphatic rings. The first-order valence-corrected chi connectivity index (χ1v) is 10.0. The molecule has 1 atom stereocenters. The number of hydrogen-bond donors (Lipinski definition) is 0. The summed E-state index contributed by atoms with van der Waals surface area (Å²) < 4.78 is 6.68. The number of ether oxygens (including phenoxy) is 1. The first-order chi connectivity index (χ1) is 12.9. The number of thiazole rings is 1. The van der Waals surface area contributed by atoms with Gasteiger partial charge in [-0.05, 0) is 39.7 Å². The van der Waals surface area contributed by atoms with Crippen LogP contribution in [0.25, 0.3) is 21.5 Å². The lowest BCUT2D eigenvalue weighted by Crippen LogP contribution is -2.36. The first-order valence-electron chi connectivity index (χ1n) is 9.23. The number of hydrogen-bond acceptors (Lipinski definition) is 5. The van der Waals surface area contributed by atoms with Crippen molar-refractivity contribution < 1.29 is 9.53 Å². The molecule has 2 aromatic heterocycles. The van der Waals surface area contributed by atoms with Crippen molar-refractivity contribution >= 4 is 27.6 Å². The zero-order chi connectivity index (χ0) is 19.0. The van der Waals surface area contributed by atoms with Gasteiger partial charge in [-0.1, -0.05) is 30.3 Å². The standard InChI is InChI=1S/C21H23N3O2S/c1-21(2,3)26-20(25)24-13-7-10-15(24)19-23-18-16(27-19)11-12-22-17(18)14-8-5-4-6-9-14/h4-6,8-9,11-12,15H,7,10,13H2,1-3H3/t15-/m0/s1. The topological polar surface area (TPSA) is 55.3 Å². The normalized spacial score (nSPS) is 17.4. The van der Waals surface area contributed by atoms with Crippen molar-refractivity contribution in [1.82, 2.24) is 14.9 Å². The van der Waals surface area contributed by atoms with Gasteiger partial charge >= 0.3 is 6.09 Å². The summed E-state index contributed by atoms with van der Waals surface area (Å²) in [5, 5.41) is 0.957. The van der Waals surface area contributed by atoms with Crippen molar-refractivity contribution in [3.63, 3.8) is 0 Å². The molecule has 27 heavy (non-hydrogen) atoms. The average Bonchev–Trinajstić information content (AvgIpc) is 3.27. The third-order valence-corrected chi connectivity index (χ3v) is 5.66. The number of fused-ring (bicyclic) bond motifs is 1. The van der Waals surface area contributed by atoms with Crippen molar-refractivity contribution in [1.29, 1.82) is 0 Å². The lowest BCUT2D eigenvalue weighted by Gasteiger charge is -2.27. The minimum atomic E-state index is -0.498. The number of carbonyl (C=O) groups is 1. The van der Waals surface area contributed by atoms with Crippen molar-refractivity contribution in [2.45, 2.75) is 45.3 Å². The first kappa shape index (κ1) is 17.9. The van der Waals surface area contributed by atoms with Gasteiger partial charge in [0, 0.05) is 18.3 Å². The van der Waals surface area contributed by atoms with Crippen LogP contribution in [0.3, 0.4) is 0 Å². The van der Waals surface area contributed by atoms with E-state index in [1.807, 2.05) is 68.3 Å². The lowest BCUT2D eigenvalue weighted by atomic mass is 10.1. The van der Waals surface area contributed by atoms with Crippen molar-refractivity contribution in [3.8, 4) is 11.3 Å². The summed E-state index contributed by atoms with van der Waals surface area (Å²) in [5.74, 6) is 0. The second-order valence-electron chi connectivity index (χ2n) is 7.76. The van der Waals surface area contributed by atoms with Gasteiger partial charge in [0.25, 0.3) is 0 Å². The number of amides is 1. The Morgan fingerprint density at radius 2 is 2.00 bits per heavy atom. The van der Waals surface area contributed by atoms with E-state index in [-0.39, 0.29) is 12.1 Å². The second kappa shape index (κ2) is 6.93. The molecule has 140 valence electrons. The van der Waals surface area contributed by atoms with E-state index in [0.29, 0.717) is 6.54 Å². The summed E-state index contributed by atoms with van der Waals surface area (Å²) in [7, 11) is 0. The van der Waals surface area contributed by atoms with Crippen LogP contribution >= 0.6 is 11.3 Å². The summed E-state index contributed by atoms with van der Waals surface area (Å²) in [4.78, 5) is 23.9. The zero-order valence-corrected chi connectivity index (χ0v) is 16.6. The largest absolute Gasteiger partial charge is 0.444 e. The number of pyridine rings is 1. The van der Waals surface area contributed by atoms with Crippen molar-refractivity contribution in [2.24, 2.45) is 0 Å². The summed E-state index contributed by atoms with van der Waals surface area (Å²) in [5.41, 5.74) is 2.34. The molecule has 0 saturated carbocycles. The molecule has 0 unspecified atom stereocenters. The quantitative estimate of drug-likeness (QED) is 0.594. The Bertz CT molecular complexity index is 962. The number of aromatic nitrogens is 2. The van der Waals surface area contributed by atoms with E-state index in [9.17, 15) is 4.79 Å². The molecule has 0 N–H and O–H groups in total. The average molecular weight is 382 g/mol.